The minimum Gasteiger partial charge on any atom is -0.384 e. The molecule has 1 fully saturated rings. The highest BCUT2D eigenvalue weighted by atomic mass is 32.2. The number of hydrogen-bond donors (Lipinski definition) is 2. The van der Waals surface area contributed by atoms with Crippen LogP contribution in [0.15, 0.2) is 17.3 Å². The number of rotatable bonds is 5. The van der Waals surface area contributed by atoms with Gasteiger partial charge in [0.15, 0.2) is 10.5 Å². The summed E-state index contributed by atoms with van der Waals surface area (Å²) in [7, 11) is -3.70. The Bertz CT molecular complexity index is 794. The van der Waals surface area contributed by atoms with Crippen molar-refractivity contribution in [3.05, 3.63) is 12.4 Å². The van der Waals surface area contributed by atoms with E-state index in [4.69, 9.17) is 5.73 Å². The molecule has 1 aliphatic rings. The molecule has 0 aliphatic heterocycles. The molecule has 8 heteroatoms. The molecule has 0 radical (unpaired) electrons. The number of anilines is 1. The topological polar surface area (TPSA) is 103 Å². The predicted molar refractivity (Wildman–Crippen MR) is 89.5 cm³/mol. The summed E-state index contributed by atoms with van der Waals surface area (Å²) in [4.78, 5) is 8.68. The van der Waals surface area contributed by atoms with Crippen molar-refractivity contribution < 1.29 is 8.42 Å². The molecule has 126 valence electrons. The molecule has 0 aromatic carbocycles. The van der Waals surface area contributed by atoms with Crippen molar-refractivity contribution in [1.29, 1.82) is 0 Å². The van der Waals surface area contributed by atoms with Crippen molar-refractivity contribution in [3.8, 4) is 0 Å². The highest BCUT2D eigenvalue weighted by Crippen LogP contribution is 2.37. The molecule has 23 heavy (non-hydrogen) atoms. The van der Waals surface area contributed by atoms with E-state index in [2.05, 4.69) is 14.7 Å². The normalized spacial score (nSPS) is 16.9. The fourth-order valence-electron chi connectivity index (χ4n) is 3.29. The van der Waals surface area contributed by atoms with E-state index < -0.39 is 10.0 Å². The second-order valence-electron chi connectivity index (χ2n) is 6.00. The van der Waals surface area contributed by atoms with Crippen LogP contribution in [0.3, 0.4) is 0 Å². The van der Waals surface area contributed by atoms with Gasteiger partial charge in [0, 0.05) is 25.0 Å². The fraction of sp³-hybridized carbons (Fsp3) is 0.600. The number of aromatic nitrogens is 3. The molecule has 0 spiro atoms. The molecule has 3 N–H and O–H groups in total. The maximum Gasteiger partial charge on any atom is 0.246 e. The summed E-state index contributed by atoms with van der Waals surface area (Å²) in [6, 6.07) is 0.193. The van der Waals surface area contributed by atoms with Crippen molar-refractivity contribution >= 4 is 27.0 Å². The smallest absolute Gasteiger partial charge is 0.246 e. The zero-order chi connectivity index (χ0) is 16.4. The van der Waals surface area contributed by atoms with Gasteiger partial charge in [0.05, 0.1) is 0 Å². The Morgan fingerprint density at radius 3 is 2.65 bits per heavy atom. The Morgan fingerprint density at radius 2 is 1.96 bits per heavy atom. The summed E-state index contributed by atoms with van der Waals surface area (Å²) in [5, 5.41) is 0. The van der Waals surface area contributed by atoms with Crippen molar-refractivity contribution in [2.24, 2.45) is 0 Å². The first-order chi connectivity index (χ1) is 11.1. The van der Waals surface area contributed by atoms with Crippen molar-refractivity contribution in [1.82, 2.24) is 19.3 Å². The van der Waals surface area contributed by atoms with Gasteiger partial charge in [-0.15, -0.1) is 0 Å². The van der Waals surface area contributed by atoms with Crippen molar-refractivity contribution in [3.63, 3.8) is 0 Å². The summed E-state index contributed by atoms with van der Waals surface area (Å²) >= 11 is 0. The van der Waals surface area contributed by atoms with E-state index in [0.29, 0.717) is 24.1 Å². The number of hydrogen-bond acceptors (Lipinski definition) is 5. The van der Waals surface area contributed by atoms with Crippen LogP contribution in [-0.2, 0) is 10.0 Å². The molecule has 0 bridgehead atoms. The number of sulfonamides is 1. The lowest BCUT2D eigenvalue weighted by Gasteiger charge is -2.24. The Hall–Kier alpha value is -1.67. The Kier molecular flexibility index (Phi) is 4.54. The molecular weight excluding hydrogens is 314 g/mol. The Balaban J connectivity index is 2.17. The van der Waals surface area contributed by atoms with Crippen LogP contribution in [0.5, 0.6) is 0 Å². The second-order valence-corrected chi connectivity index (χ2v) is 7.71. The molecule has 0 saturated heterocycles. The van der Waals surface area contributed by atoms with Gasteiger partial charge < -0.3 is 10.3 Å². The minimum absolute atomic E-state index is 0.0691. The molecule has 2 aromatic heterocycles. The van der Waals surface area contributed by atoms with Crippen LogP contribution in [0.25, 0.3) is 11.2 Å². The Morgan fingerprint density at radius 1 is 1.26 bits per heavy atom. The van der Waals surface area contributed by atoms with Crippen LogP contribution in [0.2, 0.25) is 0 Å². The third-order valence-corrected chi connectivity index (χ3v) is 5.89. The van der Waals surface area contributed by atoms with E-state index in [1.807, 2.05) is 11.5 Å². The van der Waals surface area contributed by atoms with E-state index in [9.17, 15) is 8.42 Å². The predicted octanol–water partition coefficient (Wildman–Crippen LogP) is 2.21. The van der Waals surface area contributed by atoms with E-state index in [0.717, 1.165) is 25.7 Å². The van der Waals surface area contributed by atoms with Crippen molar-refractivity contribution in [2.75, 3.05) is 12.3 Å². The number of nitrogens with one attached hydrogen (secondary N) is 1. The summed E-state index contributed by atoms with van der Waals surface area (Å²) in [6.45, 7) is 2.29. The van der Waals surface area contributed by atoms with Crippen LogP contribution >= 0.6 is 0 Å². The van der Waals surface area contributed by atoms with Gasteiger partial charge in [-0.25, -0.2) is 23.1 Å². The molecule has 0 amide bonds. The Labute approximate surface area is 136 Å². The van der Waals surface area contributed by atoms with Gasteiger partial charge in [0.1, 0.15) is 11.3 Å². The highest BCUT2D eigenvalue weighted by molar-refractivity contribution is 7.89. The van der Waals surface area contributed by atoms with Gasteiger partial charge in [0.2, 0.25) is 10.0 Å². The monoisotopic (exact) mass is 337 g/mol. The molecule has 1 saturated carbocycles. The average Bonchev–Trinajstić information content (AvgIpc) is 2.86. The van der Waals surface area contributed by atoms with Gasteiger partial charge in [-0.2, -0.15) is 0 Å². The zero-order valence-electron chi connectivity index (χ0n) is 13.3. The summed E-state index contributed by atoms with van der Waals surface area (Å²) in [5.74, 6) is 0.252. The number of nitrogens with two attached hydrogens (primary N) is 1. The van der Waals surface area contributed by atoms with Gasteiger partial charge in [-0.05, 0) is 19.3 Å². The number of nitrogen functional groups attached to an aromatic ring is 1. The maximum absolute atomic E-state index is 12.6. The largest absolute Gasteiger partial charge is 0.384 e. The summed E-state index contributed by atoms with van der Waals surface area (Å²) in [6.07, 6.45) is 9.25. The summed E-state index contributed by atoms with van der Waals surface area (Å²) in [5.41, 5.74) is 7.19. The molecule has 3 rings (SSSR count). The average molecular weight is 337 g/mol. The van der Waals surface area contributed by atoms with E-state index >= 15 is 0 Å². The third-order valence-electron chi connectivity index (χ3n) is 4.37. The van der Waals surface area contributed by atoms with Crippen molar-refractivity contribution in [2.45, 2.75) is 56.4 Å². The quantitative estimate of drug-likeness (QED) is 0.870. The SMILES string of the molecule is CCCNS(=O)(=O)c1c(N)n(C2CCCCC2)c2nccnc12. The summed E-state index contributed by atoms with van der Waals surface area (Å²) < 4.78 is 29.8. The molecule has 2 aromatic rings. The maximum atomic E-state index is 12.6. The lowest BCUT2D eigenvalue weighted by molar-refractivity contribution is 0.362. The first-order valence-electron chi connectivity index (χ1n) is 8.16. The van der Waals surface area contributed by atoms with Crippen LogP contribution < -0.4 is 10.5 Å². The molecule has 7 nitrogen and oxygen atoms in total. The fourth-order valence-corrected chi connectivity index (χ4v) is 4.68. The third kappa shape index (κ3) is 2.92. The van der Waals surface area contributed by atoms with Crippen LogP contribution in [0.4, 0.5) is 5.82 Å². The standard InChI is InChI=1S/C15H23N5O2S/c1-2-8-19-23(21,22)13-12-15(18-10-9-17-12)20(14(13)16)11-6-4-3-5-7-11/h9-11,19H,2-8,16H2,1H3. The van der Waals surface area contributed by atoms with Crippen LogP contribution in [-0.4, -0.2) is 29.5 Å². The first kappa shape index (κ1) is 16.2. The molecule has 2 heterocycles. The first-order valence-corrected chi connectivity index (χ1v) is 9.64. The van der Waals surface area contributed by atoms with E-state index in [1.54, 1.807) is 6.20 Å². The van der Waals surface area contributed by atoms with E-state index in [1.165, 1.54) is 12.6 Å². The lowest BCUT2D eigenvalue weighted by Crippen LogP contribution is -2.25. The van der Waals surface area contributed by atoms with Gasteiger partial charge in [0.25, 0.3) is 0 Å². The van der Waals surface area contributed by atoms with Gasteiger partial charge in [-0.1, -0.05) is 26.2 Å². The number of nitrogens with zero attached hydrogens (tertiary/aromatic N) is 3. The highest BCUT2D eigenvalue weighted by Gasteiger charge is 2.30. The molecule has 0 atom stereocenters. The van der Waals surface area contributed by atoms with Gasteiger partial charge in [-0.3, -0.25) is 0 Å². The second kappa shape index (κ2) is 6.45. The number of fused-ring (bicyclic) bond motifs is 1. The van der Waals surface area contributed by atoms with E-state index in [-0.39, 0.29) is 16.8 Å². The molecule has 1 aliphatic carbocycles. The minimum atomic E-state index is -3.70. The van der Waals surface area contributed by atoms with Crippen LogP contribution in [0, 0.1) is 0 Å². The van der Waals surface area contributed by atoms with Crippen LogP contribution in [0.1, 0.15) is 51.5 Å². The molecular formula is C15H23N5O2S. The van der Waals surface area contributed by atoms with Gasteiger partial charge >= 0.3 is 0 Å². The zero-order valence-corrected chi connectivity index (χ0v) is 14.1. The molecule has 0 unspecified atom stereocenters. The lowest BCUT2D eigenvalue weighted by atomic mass is 9.95.